The molecule has 1 fully saturated rings. The van der Waals surface area contributed by atoms with Crippen molar-refractivity contribution in [2.24, 2.45) is 5.92 Å². The van der Waals surface area contributed by atoms with Gasteiger partial charge < -0.3 is 8.23 Å². The predicted octanol–water partition coefficient (Wildman–Crippen LogP) is 5.73. The molecule has 1 aliphatic carbocycles. The lowest BCUT2D eigenvalue weighted by Gasteiger charge is -2.47. The van der Waals surface area contributed by atoms with Crippen molar-refractivity contribution < 1.29 is 8.23 Å². The maximum Gasteiger partial charge on any atom is 0.317 e. The molecule has 1 aliphatic rings. The first-order chi connectivity index (χ1) is 8.97. The lowest BCUT2D eigenvalue weighted by Crippen LogP contribution is -2.57. The molecule has 0 radical (unpaired) electrons. The highest BCUT2D eigenvalue weighted by Gasteiger charge is 2.49. The Morgan fingerprint density at radius 3 is 1.65 bits per heavy atom. The lowest BCUT2D eigenvalue weighted by molar-refractivity contribution is 0.271. The summed E-state index contributed by atoms with van der Waals surface area (Å²) in [6.07, 6.45) is 6.77. The van der Waals surface area contributed by atoms with Crippen LogP contribution in [0.1, 0.15) is 39.0 Å². The predicted molar refractivity (Wildman–Crippen MR) is 96.5 cm³/mol. The standard InChI is InChI=1S/C15H36O2Si3/c1-9-14-12-10-11-13-15(14)20(8,16-18(2,3)4)17-19(5,6)7/h14-15H,9-13H2,1-8H3. The van der Waals surface area contributed by atoms with Crippen LogP contribution in [0.3, 0.4) is 0 Å². The third kappa shape index (κ3) is 5.75. The fourth-order valence-electron chi connectivity index (χ4n) is 3.77. The quantitative estimate of drug-likeness (QED) is 0.578. The van der Waals surface area contributed by atoms with E-state index in [9.17, 15) is 0 Å². The van der Waals surface area contributed by atoms with E-state index in [1.165, 1.54) is 32.1 Å². The molecular weight excluding hydrogens is 296 g/mol. The van der Waals surface area contributed by atoms with E-state index in [-0.39, 0.29) is 0 Å². The van der Waals surface area contributed by atoms with Crippen molar-refractivity contribution in [3.63, 3.8) is 0 Å². The summed E-state index contributed by atoms with van der Waals surface area (Å²) in [4.78, 5) is 0. The van der Waals surface area contributed by atoms with E-state index in [0.717, 1.165) is 5.92 Å². The van der Waals surface area contributed by atoms with Crippen molar-refractivity contribution in [3.05, 3.63) is 0 Å². The monoisotopic (exact) mass is 332 g/mol. The Labute approximate surface area is 130 Å². The van der Waals surface area contributed by atoms with E-state index in [1.807, 2.05) is 0 Å². The van der Waals surface area contributed by atoms with Crippen LogP contribution in [0.5, 0.6) is 0 Å². The fraction of sp³-hybridized carbons (Fsp3) is 1.00. The average Bonchev–Trinajstić information content (AvgIpc) is 2.23. The van der Waals surface area contributed by atoms with Gasteiger partial charge in [0.2, 0.25) is 0 Å². The van der Waals surface area contributed by atoms with Gasteiger partial charge in [0.05, 0.1) is 0 Å². The van der Waals surface area contributed by atoms with Gasteiger partial charge in [0.1, 0.15) is 0 Å². The number of rotatable bonds is 6. The molecule has 0 spiro atoms. The van der Waals surface area contributed by atoms with Crippen molar-refractivity contribution >= 4 is 25.2 Å². The summed E-state index contributed by atoms with van der Waals surface area (Å²) < 4.78 is 13.5. The van der Waals surface area contributed by atoms with Gasteiger partial charge in [-0.25, -0.2) is 0 Å². The molecule has 0 bridgehead atoms. The highest BCUT2D eigenvalue weighted by atomic mass is 28.5. The minimum absolute atomic E-state index is 0.708. The van der Waals surface area contributed by atoms with E-state index in [2.05, 4.69) is 52.8 Å². The van der Waals surface area contributed by atoms with Gasteiger partial charge in [-0.05, 0) is 58.2 Å². The summed E-state index contributed by atoms with van der Waals surface area (Å²) in [7, 11) is -5.20. The van der Waals surface area contributed by atoms with E-state index in [1.54, 1.807) is 0 Å². The average molecular weight is 333 g/mol. The Bertz CT molecular complexity index is 291. The summed E-state index contributed by atoms with van der Waals surface area (Å²) in [5, 5.41) is 0. The van der Waals surface area contributed by atoms with Crippen molar-refractivity contribution in [2.45, 2.75) is 90.4 Å². The topological polar surface area (TPSA) is 18.5 Å². The molecule has 0 aromatic rings. The Morgan fingerprint density at radius 2 is 1.25 bits per heavy atom. The molecule has 0 aliphatic heterocycles. The van der Waals surface area contributed by atoms with E-state index >= 15 is 0 Å². The third-order valence-corrected chi connectivity index (χ3v) is 14.4. The molecule has 1 saturated carbocycles. The highest BCUT2D eigenvalue weighted by molar-refractivity contribution is 6.88. The Balaban J connectivity index is 3.01. The van der Waals surface area contributed by atoms with Crippen molar-refractivity contribution in [1.29, 1.82) is 0 Å². The van der Waals surface area contributed by atoms with Crippen molar-refractivity contribution in [3.8, 4) is 0 Å². The molecule has 0 aromatic heterocycles. The van der Waals surface area contributed by atoms with Crippen LogP contribution in [0.4, 0.5) is 0 Å². The first-order valence-electron chi connectivity index (χ1n) is 8.37. The summed E-state index contributed by atoms with van der Waals surface area (Å²) in [5.74, 6) is 0.827. The molecule has 2 nitrogen and oxygen atoms in total. The minimum Gasteiger partial charge on any atom is -0.436 e. The first-order valence-corrected chi connectivity index (χ1v) is 17.6. The molecule has 0 saturated heterocycles. The molecule has 20 heavy (non-hydrogen) atoms. The number of hydrogen-bond donors (Lipinski definition) is 0. The zero-order chi connectivity index (χ0) is 15.6. The maximum absolute atomic E-state index is 6.76. The van der Waals surface area contributed by atoms with Crippen LogP contribution in [0, 0.1) is 5.92 Å². The van der Waals surface area contributed by atoms with Gasteiger partial charge in [0.15, 0.2) is 16.6 Å². The third-order valence-electron chi connectivity index (χ3n) is 4.12. The Kier molecular flexibility index (Phi) is 6.30. The van der Waals surface area contributed by atoms with Crippen LogP contribution in [0.25, 0.3) is 0 Å². The summed E-state index contributed by atoms with van der Waals surface area (Å²) >= 11 is 0. The normalized spacial score (nSPS) is 25.8. The SMILES string of the molecule is CCC1CCCCC1[Si](C)(O[Si](C)(C)C)O[Si](C)(C)C. The van der Waals surface area contributed by atoms with Crippen LogP contribution in [-0.4, -0.2) is 25.2 Å². The summed E-state index contributed by atoms with van der Waals surface area (Å²) in [6.45, 7) is 18.6. The second-order valence-corrected chi connectivity index (χ2v) is 21.4. The summed E-state index contributed by atoms with van der Waals surface area (Å²) in [6, 6.07) is 0. The van der Waals surface area contributed by atoms with Gasteiger partial charge >= 0.3 is 8.56 Å². The van der Waals surface area contributed by atoms with Crippen LogP contribution in [-0.2, 0) is 8.23 Å². The molecule has 1 rings (SSSR count). The molecule has 0 heterocycles. The smallest absolute Gasteiger partial charge is 0.317 e. The molecule has 5 heteroatoms. The van der Waals surface area contributed by atoms with Gasteiger partial charge in [-0.15, -0.1) is 0 Å². The van der Waals surface area contributed by atoms with Crippen LogP contribution < -0.4 is 0 Å². The van der Waals surface area contributed by atoms with Gasteiger partial charge in [-0.3, -0.25) is 0 Å². The molecule has 2 atom stereocenters. The Hall–Kier alpha value is 0.571. The number of hydrogen-bond acceptors (Lipinski definition) is 2. The van der Waals surface area contributed by atoms with Crippen molar-refractivity contribution in [1.82, 2.24) is 0 Å². The maximum atomic E-state index is 6.76. The largest absolute Gasteiger partial charge is 0.436 e. The van der Waals surface area contributed by atoms with Gasteiger partial charge in [0, 0.05) is 5.54 Å². The van der Waals surface area contributed by atoms with Gasteiger partial charge in [-0.1, -0.05) is 32.6 Å². The van der Waals surface area contributed by atoms with E-state index in [4.69, 9.17) is 8.23 Å². The first kappa shape index (κ1) is 18.6. The molecule has 0 aromatic carbocycles. The van der Waals surface area contributed by atoms with E-state index < -0.39 is 25.2 Å². The van der Waals surface area contributed by atoms with E-state index in [0.29, 0.717) is 5.54 Å². The molecule has 2 unspecified atom stereocenters. The molecule has 0 N–H and O–H groups in total. The van der Waals surface area contributed by atoms with Gasteiger partial charge in [-0.2, -0.15) is 0 Å². The van der Waals surface area contributed by atoms with Crippen molar-refractivity contribution in [2.75, 3.05) is 0 Å². The zero-order valence-corrected chi connectivity index (χ0v) is 18.0. The molecular formula is C15H36O2Si3. The lowest BCUT2D eigenvalue weighted by atomic mass is 9.87. The molecule has 120 valence electrons. The van der Waals surface area contributed by atoms with Crippen LogP contribution in [0.2, 0.25) is 51.4 Å². The zero-order valence-electron chi connectivity index (χ0n) is 15.0. The Morgan fingerprint density at radius 1 is 0.800 bits per heavy atom. The highest BCUT2D eigenvalue weighted by Crippen LogP contribution is 2.45. The van der Waals surface area contributed by atoms with Gasteiger partial charge in [0.25, 0.3) is 0 Å². The summed E-state index contributed by atoms with van der Waals surface area (Å²) in [5.41, 5.74) is 0.708. The fourth-order valence-corrected chi connectivity index (χ4v) is 17.2. The second kappa shape index (κ2) is 6.77. The van der Waals surface area contributed by atoms with Crippen LogP contribution >= 0.6 is 0 Å². The minimum atomic E-state index is -2.08. The van der Waals surface area contributed by atoms with Crippen LogP contribution in [0.15, 0.2) is 0 Å². The molecule has 0 amide bonds. The second-order valence-electron chi connectivity index (χ2n) is 8.50.